The Morgan fingerprint density at radius 3 is 3.20 bits per heavy atom. The van der Waals surface area contributed by atoms with Crippen LogP contribution in [0.2, 0.25) is 0 Å². The van der Waals surface area contributed by atoms with Crippen LogP contribution in [0, 0.1) is 0 Å². The third kappa shape index (κ3) is 2.73. The summed E-state index contributed by atoms with van der Waals surface area (Å²) in [6.07, 6.45) is 3.90. The van der Waals surface area contributed by atoms with Gasteiger partial charge in [0.2, 0.25) is 0 Å². The first-order valence-corrected chi connectivity index (χ1v) is 7.57. The van der Waals surface area contributed by atoms with E-state index in [1.54, 1.807) is 18.3 Å². The molecule has 0 fully saturated rings. The maximum absolute atomic E-state index is 11.2. The van der Waals surface area contributed by atoms with E-state index in [1.807, 2.05) is 11.3 Å². The summed E-state index contributed by atoms with van der Waals surface area (Å²) >= 11 is 1.82. The molecule has 0 saturated heterocycles. The summed E-state index contributed by atoms with van der Waals surface area (Å²) in [5.74, 6) is -0.904. The molecule has 0 aromatic carbocycles. The van der Waals surface area contributed by atoms with Crippen LogP contribution in [0.1, 0.15) is 32.9 Å². The van der Waals surface area contributed by atoms with Gasteiger partial charge in [-0.2, -0.15) is 0 Å². The van der Waals surface area contributed by atoms with Crippen LogP contribution in [0.4, 0.5) is 0 Å². The van der Waals surface area contributed by atoms with Gasteiger partial charge in [-0.25, -0.2) is 4.79 Å². The highest BCUT2D eigenvalue weighted by Crippen LogP contribution is 2.24. The molecule has 0 aliphatic carbocycles. The second-order valence-electron chi connectivity index (χ2n) is 4.99. The first-order valence-electron chi connectivity index (χ1n) is 6.69. The van der Waals surface area contributed by atoms with E-state index in [2.05, 4.69) is 21.3 Å². The van der Waals surface area contributed by atoms with E-state index in [0.29, 0.717) is 17.8 Å². The molecule has 4 nitrogen and oxygen atoms in total. The van der Waals surface area contributed by atoms with Crippen molar-refractivity contribution < 1.29 is 9.90 Å². The van der Waals surface area contributed by atoms with E-state index in [9.17, 15) is 9.90 Å². The van der Waals surface area contributed by atoms with Crippen molar-refractivity contribution in [3.8, 4) is 0 Å². The lowest BCUT2D eigenvalue weighted by Gasteiger charge is -2.20. The van der Waals surface area contributed by atoms with Crippen LogP contribution in [0.3, 0.4) is 0 Å². The Hall–Kier alpha value is -1.72. The number of nitrogens with zero attached hydrogens (tertiary/aromatic N) is 2. The Labute approximate surface area is 121 Å². The molecule has 5 heteroatoms. The van der Waals surface area contributed by atoms with Crippen molar-refractivity contribution in [3.05, 3.63) is 51.5 Å². The zero-order valence-corrected chi connectivity index (χ0v) is 11.9. The summed E-state index contributed by atoms with van der Waals surface area (Å²) in [4.78, 5) is 19.2. The molecule has 104 valence electrons. The second-order valence-corrected chi connectivity index (χ2v) is 5.99. The number of rotatable bonds is 3. The summed E-state index contributed by atoms with van der Waals surface area (Å²) in [6, 6.07) is 5.47. The minimum atomic E-state index is -0.904. The fourth-order valence-electron chi connectivity index (χ4n) is 2.62. The average Bonchev–Trinajstić information content (AvgIpc) is 2.78. The number of aromatic carboxylic acids is 1. The normalized spacial score (nSPS) is 15.6. The van der Waals surface area contributed by atoms with Crippen molar-refractivity contribution >= 4 is 17.3 Å². The van der Waals surface area contributed by atoms with Crippen LogP contribution in [0.5, 0.6) is 0 Å². The fourth-order valence-corrected chi connectivity index (χ4v) is 3.56. The highest BCUT2D eigenvalue weighted by Gasteiger charge is 2.18. The van der Waals surface area contributed by atoms with Crippen LogP contribution in [0.25, 0.3) is 0 Å². The van der Waals surface area contributed by atoms with Crippen molar-refractivity contribution in [3.63, 3.8) is 0 Å². The van der Waals surface area contributed by atoms with Crippen molar-refractivity contribution in [2.75, 3.05) is 6.54 Å². The number of hydrogen-bond donors (Lipinski definition) is 1. The molecule has 0 amide bonds. The number of carboxylic acids is 1. The first kappa shape index (κ1) is 13.3. The highest BCUT2D eigenvalue weighted by atomic mass is 32.1. The molecule has 20 heavy (non-hydrogen) atoms. The molecule has 0 saturated carbocycles. The van der Waals surface area contributed by atoms with E-state index in [4.69, 9.17) is 0 Å². The average molecular weight is 288 g/mol. The largest absolute Gasteiger partial charge is 0.478 e. The van der Waals surface area contributed by atoms with Crippen LogP contribution < -0.4 is 0 Å². The summed E-state index contributed by atoms with van der Waals surface area (Å²) in [5.41, 5.74) is 2.33. The fraction of sp³-hybridized carbons (Fsp3) is 0.333. The van der Waals surface area contributed by atoms with Gasteiger partial charge in [-0.1, -0.05) is 0 Å². The molecule has 3 rings (SSSR count). The lowest BCUT2D eigenvalue weighted by Crippen LogP contribution is -2.24. The maximum atomic E-state index is 11.2. The first-order chi connectivity index (χ1) is 9.74. The molecule has 2 aromatic rings. The molecule has 0 atom stereocenters. The van der Waals surface area contributed by atoms with Gasteiger partial charge in [-0.05, 0) is 48.5 Å². The summed E-state index contributed by atoms with van der Waals surface area (Å²) < 4.78 is 0. The molecule has 1 N–H and O–H groups in total. The van der Waals surface area contributed by atoms with Gasteiger partial charge in [0.15, 0.2) is 0 Å². The summed E-state index contributed by atoms with van der Waals surface area (Å²) in [6.45, 7) is 2.46. The van der Waals surface area contributed by atoms with Gasteiger partial charge in [0.25, 0.3) is 0 Å². The molecule has 0 spiro atoms. The maximum Gasteiger partial charge on any atom is 0.337 e. The topological polar surface area (TPSA) is 53.4 Å². The predicted octanol–water partition coefficient (Wildman–Crippen LogP) is 2.79. The van der Waals surface area contributed by atoms with Gasteiger partial charge in [0.05, 0.1) is 11.3 Å². The molecule has 2 aromatic heterocycles. The van der Waals surface area contributed by atoms with Gasteiger partial charge in [-0.3, -0.25) is 9.88 Å². The number of carboxylic acid groups (broad SMARTS) is 1. The molecule has 3 heterocycles. The highest BCUT2D eigenvalue weighted by molar-refractivity contribution is 7.10. The molecule has 0 unspecified atom stereocenters. The number of thiophene rings is 1. The van der Waals surface area contributed by atoms with Crippen LogP contribution in [0.15, 0.2) is 29.8 Å². The number of aryl methyl sites for hydroxylation is 1. The van der Waals surface area contributed by atoms with E-state index in [1.165, 1.54) is 10.4 Å². The summed E-state index contributed by atoms with van der Waals surface area (Å²) in [5, 5.41) is 11.4. The van der Waals surface area contributed by atoms with E-state index >= 15 is 0 Å². The molecule has 1 aliphatic rings. The Kier molecular flexibility index (Phi) is 3.80. The van der Waals surface area contributed by atoms with Crippen LogP contribution in [-0.2, 0) is 19.5 Å². The lowest BCUT2D eigenvalue weighted by molar-refractivity contribution is 0.0693. The lowest BCUT2D eigenvalue weighted by atomic mass is 10.2. The van der Waals surface area contributed by atoms with E-state index in [-0.39, 0.29) is 0 Å². The molecular weight excluding hydrogens is 272 g/mol. The van der Waals surface area contributed by atoms with Gasteiger partial charge in [0, 0.05) is 24.2 Å². The predicted molar refractivity (Wildman–Crippen MR) is 78.0 cm³/mol. The minimum Gasteiger partial charge on any atom is -0.478 e. The standard InChI is InChI=1S/C15H16N2O2S/c18-15(19)12-3-1-6-16-13(12)10-17-7-2-4-14-11(9-17)5-8-20-14/h1,3,5-6,8H,2,4,7,9-10H2,(H,18,19). The number of pyridine rings is 1. The van der Waals surface area contributed by atoms with Crippen molar-refractivity contribution in [1.29, 1.82) is 0 Å². The monoisotopic (exact) mass is 288 g/mol. The molecule has 0 radical (unpaired) electrons. The Bertz CT molecular complexity index is 624. The number of hydrogen-bond acceptors (Lipinski definition) is 4. The zero-order chi connectivity index (χ0) is 13.9. The van der Waals surface area contributed by atoms with Crippen LogP contribution >= 0.6 is 11.3 Å². The Balaban J connectivity index is 1.80. The number of fused-ring (bicyclic) bond motifs is 1. The Morgan fingerprint density at radius 1 is 1.45 bits per heavy atom. The molecular formula is C15H16N2O2S. The van der Waals surface area contributed by atoms with Crippen molar-refractivity contribution in [2.24, 2.45) is 0 Å². The van der Waals surface area contributed by atoms with Gasteiger partial charge in [-0.15, -0.1) is 11.3 Å². The third-order valence-corrected chi connectivity index (χ3v) is 4.63. The summed E-state index contributed by atoms with van der Waals surface area (Å²) in [7, 11) is 0. The minimum absolute atomic E-state index is 0.308. The molecule has 0 bridgehead atoms. The van der Waals surface area contributed by atoms with Crippen LogP contribution in [-0.4, -0.2) is 27.5 Å². The number of carbonyl (C=O) groups is 1. The van der Waals surface area contributed by atoms with Gasteiger partial charge < -0.3 is 5.11 Å². The van der Waals surface area contributed by atoms with Crippen molar-refractivity contribution in [1.82, 2.24) is 9.88 Å². The van der Waals surface area contributed by atoms with Crippen molar-refractivity contribution in [2.45, 2.75) is 25.9 Å². The zero-order valence-electron chi connectivity index (χ0n) is 11.1. The number of aromatic nitrogens is 1. The van der Waals surface area contributed by atoms with Gasteiger partial charge in [0.1, 0.15) is 0 Å². The second kappa shape index (κ2) is 5.73. The SMILES string of the molecule is O=C(O)c1cccnc1CN1CCCc2sccc2C1. The van der Waals surface area contributed by atoms with Gasteiger partial charge >= 0.3 is 5.97 Å². The smallest absolute Gasteiger partial charge is 0.337 e. The van der Waals surface area contributed by atoms with E-state index < -0.39 is 5.97 Å². The quantitative estimate of drug-likeness (QED) is 0.943. The molecule has 1 aliphatic heterocycles. The van der Waals surface area contributed by atoms with E-state index in [0.717, 1.165) is 25.9 Å². The Morgan fingerprint density at radius 2 is 2.35 bits per heavy atom. The third-order valence-electron chi connectivity index (χ3n) is 3.60.